The van der Waals surface area contributed by atoms with Crippen LogP contribution in [0.4, 0.5) is 0 Å². The van der Waals surface area contributed by atoms with Crippen LogP contribution in [0.2, 0.25) is 0 Å². The van der Waals surface area contributed by atoms with Gasteiger partial charge in [0.25, 0.3) is 0 Å². The van der Waals surface area contributed by atoms with E-state index in [0.29, 0.717) is 26.2 Å². The number of nitrogens with zero attached hydrogens (tertiary/aromatic N) is 1. The molecule has 4 heteroatoms. The van der Waals surface area contributed by atoms with Gasteiger partial charge in [-0.3, -0.25) is 14.5 Å². The van der Waals surface area contributed by atoms with Crippen molar-refractivity contribution in [2.75, 3.05) is 19.7 Å². The molecule has 1 aromatic rings. The van der Waals surface area contributed by atoms with E-state index in [9.17, 15) is 9.59 Å². The van der Waals surface area contributed by atoms with Gasteiger partial charge in [-0.1, -0.05) is 29.8 Å². The van der Waals surface area contributed by atoms with Crippen LogP contribution < -0.4 is 0 Å². The zero-order valence-corrected chi connectivity index (χ0v) is 11.4. The minimum absolute atomic E-state index is 0.0365. The molecule has 1 unspecified atom stereocenters. The lowest BCUT2D eigenvalue weighted by Gasteiger charge is -2.14. The Morgan fingerprint density at radius 2 is 2.05 bits per heavy atom. The van der Waals surface area contributed by atoms with Crippen molar-refractivity contribution in [1.29, 1.82) is 0 Å². The van der Waals surface area contributed by atoms with Gasteiger partial charge in [-0.25, -0.2) is 0 Å². The van der Waals surface area contributed by atoms with E-state index in [1.807, 2.05) is 11.8 Å². The van der Waals surface area contributed by atoms with Crippen LogP contribution in [0.5, 0.6) is 0 Å². The maximum atomic E-state index is 11.8. The third-order valence-corrected chi connectivity index (χ3v) is 3.31. The molecule has 0 bridgehead atoms. The molecule has 2 rings (SSSR count). The van der Waals surface area contributed by atoms with Gasteiger partial charge in [0.1, 0.15) is 5.92 Å². The van der Waals surface area contributed by atoms with Gasteiger partial charge in [0.2, 0.25) is 0 Å². The van der Waals surface area contributed by atoms with E-state index in [4.69, 9.17) is 4.74 Å². The zero-order valence-electron chi connectivity index (χ0n) is 11.4. The predicted octanol–water partition coefficient (Wildman–Crippen LogP) is 1.56. The van der Waals surface area contributed by atoms with E-state index >= 15 is 0 Å². The van der Waals surface area contributed by atoms with Crippen molar-refractivity contribution in [2.45, 2.75) is 20.4 Å². The molecule has 0 aromatic heterocycles. The highest BCUT2D eigenvalue weighted by molar-refractivity contribution is 6.01. The molecular formula is C15H19NO3. The average molecular weight is 261 g/mol. The number of carbonyl (C=O) groups is 2. The van der Waals surface area contributed by atoms with E-state index in [2.05, 4.69) is 24.3 Å². The van der Waals surface area contributed by atoms with Crippen molar-refractivity contribution in [3.63, 3.8) is 0 Å². The summed E-state index contributed by atoms with van der Waals surface area (Å²) < 4.78 is 4.92. The lowest BCUT2D eigenvalue weighted by atomic mass is 10.1. The van der Waals surface area contributed by atoms with Gasteiger partial charge < -0.3 is 4.74 Å². The highest BCUT2D eigenvalue weighted by Crippen LogP contribution is 2.17. The summed E-state index contributed by atoms with van der Waals surface area (Å²) in [5, 5.41) is 0. The molecule has 0 saturated carbocycles. The summed E-state index contributed by atoms with van der Waals surface area (Å²) in [7, 11) is 0. The molecule has 1 aliphatic heterocycles. The number of hydrogen-bond donors (Lipinski definition) is 0. The molecule has 1 aromatic carbocycles. The van der Waals surface area contributed by atoms with E-state index in [0.717, 1.165) is 5.56 Å². The normalized spacial score (nSPS) is 19.7. The Labute approximate surface area is 113 Å². The predicted molar refractivity (Wildman–Crippen MR) is 71.6 cm³/mol. The fourth-order valence-corrected chi connectivity index (χ4v) is 2.28. The quantitative estimate of drug-likeness (QED) is 0.609. The van der Waals surface area contributed by atoms with Crippen LogP contribution in [0.1, 0.15) is 18.1 Å². The minimum Gasteiger partial charge on any atom is -0.465 e. The zero-order chi connectivity index (χ0) is 13.8. The van der Waals surface area contributed by atoms with Crippen molar-refractivity contribution >= 4 is 11.8 Å². The van der Waals surface area contributed by atoms with Crippen molar-refractivity contribution in [3.8, 4) is 0 Å². The van der Waals surface area contributed by atoms with Gasteiger partial charge in [0, 0.05) is 13.1 Å². The smallest absolute Gasteiger partial charge is 0.317 e. The first-order valence-electron chi connectivity index (χ1n) is 6.57. The number of hydrogen-bond acceptors (Lipinski definition) is 4. The van der Waals surface area contributed by atoms with Gasteiger partial charge in [-0.15, -0.1) is 0 Å². The molecule has 1 atom stereocenters. The Balaban J connectivity index is 1.95. The van der Waals surface area contributed by atoms with Gasteiger partial charge in [-0.2, -0.15) is 0 Å². The number of ketones is 1. The first-order valence-corrected chi connectivity index (χ1v) is 6.57. The molecule has 0 aliphatic carbocycles. The Morgan fingerprint density at radius 1 is 1.37 bits per heavy atom. The summed E-state index contributed by atoms with van der Waals surface area (Å²) in [6.07, 6.45) is 0. The summed E-state index contributed by atoms with van der Waals surface area (Å²) in [5.41, 5.74) is 2.37. The second kappa shape index (κ2) is 5.97. The van der Waals surface area contributed by atoms with Crippen LogP contribution in [-0.4, -0.2) is 36.3 Å². The van der Waals surface area contributed by atoms with E-state index in [1.54, 1.807) is 6.92 Å². The molecule has 1 saturated heterocycles. The van der Waals surface area contributed by atoms with E-state index in [-0.39, 0.29) is 11.8 Å². The lowest BCUT2D eigenvalue weighted by molar-refractivity contribution is -0.149. The number of aryl methyl sites for hydroxylation is 1. The van der Waals surface area contributed by atoms with Gasteiger partial charge in [0.05, 0.1) is 13.2 Å². The van der Waals surface area contributed by atoms with Crippen LogP contribution >= 0.6 is 0 Å². The van der Waals surface area contributed by atoms with Crippen LogP contribution in [-0.2, 0) is 20.9 Å². The van der Waals surface area contributed by atoms with E-state index < -0.39 is 5.92 Å². The molecule has 4 nitrogen and oxygen atoms in total. The Kier molecular flexibility index (Phi) is 4.32. The summed E-state index contributed by atoms with van der Waals surface area (Å²) in [6.45, 7) is 5.60. The van der Waals surface area contributed by atoms with Crippen LogP contribution in [0.25, 0.3) is 0 Å². The fourth-order valence-electron chi connectivity index (χ4n) is 2.28. The summed E-state index contributed by atoms with van der Waals surface area (Å²) in [4.78, 5) is 25.4. The monoisotopic (exact) mass is 261 g/mol. The molecule has 102 valence electrons. The molecule has 1 fully saturated rings. The Hall–Kier alpha value is -1.68. The number of benzene rings is 1. The van der Waals surface area contributed by atoms with Crippen LogP contribution in [0.15, 0.2) is 24.3 Å². The third-order valence-electron chi connectivity index (χ3n) is 3.31. The molecule has 1 heterocycles. The molecule has 1 aliphatic rings. The lowest BCUT2D eigenvalue weighted by Crippen LogP contribution is -2.25. The first-order chi connectivity index (χ1) is 9.10. The summed E-state index contributed by atoms with van der Waals surface area (Å²) in [6, 6.07) is 8.21. The average Bonchev–Trinajstić information content (AvgIpc) is 2.74. The highest BCUT2D eigenvalue weighted by Gasteiger charge is 2.36. The maximum Gasteiger partial charge on any atom is 0.317 e. The highest BCUT2D eigenvalue weighted by atomic mass is 16.5. The number of ether oxygens (including phenoxy) is 1. The number of carbonyl (C=O) groups excluding carboxylic acids is 2. The molecule has 19 heavy (non-hydrogen) atoms. The number of esters is 1. The topological polar surface area (TPSA) is 46.6 Å². The summed E-state index contributed by atoms with van der Waals surface area (Å²) >= 11 is 0. The second-order valence-electron chi connectivity index (χ2n) is 4.93. The van der Waals surface area contributed by atoms with Crippen molar-refractivity contribution in [3.05, 3.63) is 35.4 Å². The fraction of sp³-hybridized carbons (Fsp3) is 0.467. The van der Waals surface area contributed by atoms with E-state index in [1.165, 1.54) is 5.56 Å². The Bertz CT molecular complexity index is 467. The molecular weight excluding hydrogens is 242 g/mol. The second-order valence-corrected chi connectivity index (χ2v) is 4.93. The number of Topliss-reactive ketones (excluding diaryl/α,β-unsaturated/α-hetero) is 1. The largest absolute Gasteiger partial charge is 0.465 e. The first kappa shape index (κ1) is 13.7. The van der Waals surface area contributed by atoms with Crippen molar-refractivity contribution < 1.29 is 14.3 Å². The maximum absolute atomic E-state index is 11.8. The van der Waals surface area contributed by atoms with Crippen LogP contribution in [0, 0.1) is 12.8 Å². The van der Waals surface area contributed by atoms with Crippen molar-refractivity contribution in [2.24, 2.45) is 5.92 Å². The number of likely N-dealkylation sites (tertiary alicyclic amines) is 1. The van der Waals surface area contributed by atoms with Crippen molar-refractivity contribution in [1.82, 2.24) is 4.90 Å². The SMILES string of the molecule is CCOC(=O)C1CN(Cc2ccc(C)cc2)CC1=O. The third kappa shape index (κ3) is 3.41. The standard InChI is InChI=1S/C15H19NO3/c1-3-19-15(18)13-9-16(10-14(13)17)8-12-6-4-11(2)5-7-12/h4-7,13H,3,8-10H2,1-2H3. The van der Waals surface area contributed by atoms with Crippen LogP contribution in [0.3, 0.4) is 0 Å². The van der Waals surface area contributed by atoms with Gasteiger partial charge in [-0.05, 0) is 19.4 Å². The summed E-state index contributed by atoms with van der Waals surface area (Å²) in [5.74, 6) is -1.03. The van der Waals surface area contributed by atoms with Gasteiger partial charge in [0.15, 0.2) is 5.78 Å². The Morgan fingerprint density at radius 3 is 2.68 bits per heavy atom. The molecule has 0 N–H and O–H groups in total. The van der Waals surface area contributed by atoms with Gasteiger partial charge >= 0.3 is 5.97 Å². The molecule has 0 radical (unpaired) electrons. The molecule has 0 spiro atoms. The minimum atomic E-state index is -0.606. The number of rotatable bonds is 4. The molecule has 0 amide bonds.